The van der Waals surface area contributed by atoms with Crippen LogP contribution in [0.1, 0.15) is 28.4 Å². The van der Waals surface area contributed by atoms with Crippen LogP contribution in [0.2, 0.25) is 0 Å². The van der Waals surface area contributed by atoms with Gasteiger partial charge in [0.2, 0.25) is 0 Å². The van der Waals surface area contributed by atoms with E-state index in [1.807, 2.05) is 0 Å². The maximum Gasteiger partial charge on any atom is 0.338 e. The van der Waals surface area contributed by atoms with E-state index in [-0.39, 0.29) is 22.6 Å². The van der Waals surface area contributed by atoms with Gasteiger partial charge in [-0.05, 0) is 31.5 Å². The molecule has 0 unspecified atom stereocenters. The average molecular weight is 285 g/mol. The van der Waals surface area contributed by atoms with Gasteiger partial charge in [-0.25, -0.2) is 13.2 Å². The second-order valence-corrected chi connectivity index (χ2v) is 5.87. The molecule has 1 N–H and O–H groups in total. The molecule has 0 fully saturated rings. The third-order valence-corrected chi connectivity index (χ3v) is 3.71. The minimum absolute atomic E-state index is 0.00384. The molecule has 1 aromatic rings. The summed E-state index contributed by atoms with van der Waals surface area (Å²) < 4.78 is 28.1. The number of carbonyl (C=O) groups is 1. The molecular weight excluding hydrogens is 270 g/mol. The molecule has 7 heteroatoms. The standard InChI is InChI=1S/C12H15NO5S/c1-4-18-12(14)9-5-6-11(19(3,16)17)10(7-13-15)8(9)2/h5-7,15H,4H2,1-3H3. The maximum atomic E-state index is 11.7. The molecule has 0 aromatic heterocycles. The van der Waals surface area contributed by atoms with Crippen molar-refractivity contribution in [3.63, 3.8) is 0 Å². The van der Waals surface area contributed by atoms with Gasteiger partial charge in [-0.3, -0.25) is 0 Å². The first kappa shape index (κ1) is 15.2. The second-order valence-electron chi connectivity index (χ2n) is 3.89. The van der Waals surface area contributed by atoms with Gasteiger partial charge in [-0.1, -0.05) is 5.16 Å². The van der Waals surface area contributed by atoms with Crippen LogP contribution >= 0.6 is 0 Å². The van der Waals surface area contributed by atoms with Crippen molar-refractivity contribution in [2.45, 2.75) is 18.7 Å². The summed E-state index contributed by atoms with van der Waals surface area (Å²) in [6.45, 7) is 3.46. The van der Waals surface area contributed by atoms with Crippen molar-refractivity contribution < 1.29 is 23.2 Å². The Morgan fingerprint density at radius 1 is 1.47 bits per heavy atom. The van der Waals surface area contributed by atoms with E-state index in [4.69, 9.17) is 9.94 Å². The van der Waals surface area contributed by atoms with E-state index in [2.05, 4.69) is 5.16 Å². The molecule has 0 aliphatic heterocycles. The van der Waals surface area contributed by atoms with Crippen molar-refractivity contribution in [1.82, 2.24) is 0 Å². The SMILES string of the molecule is CCOC(=O)c1ccc(S(C)(=O)=O)c(C=NO)c1C. The van der Waals surface area contributed by atoms with Gasteiger partial charge in [0, 0.05) is 11.8 Å². The maximum absolute atomic E-state index is 11.7. The van der Waals surface area contributed by atoms with Crippen LogP contribution in [-0.2, 0) is 14.6 Å². The van der Waals surface area contributed by atoms with E-state index in [0.717, 1.165) is 12.5 Å². The normalized spacial score (nSPS) is 11.7. The molecule has 0 spiro atoms. The molecule has 0 atom stereocenters. The number of benzene rings is 1. The van der Waals surface area contributed by atoms with Crippen LogP contribution in [-0.4, -0.2) is 38.7 Å². The number of oxime groups is 1. The minimum atomic E-state index is -3.49. The van der Waals surface area contributed by atoms with Crippen molar-refractivity contribution >= 4 is 22.0 Å². The van der Waals surface area contributed by atoms with Crippen LogP contribution in [0.15, 0.2) is 22.2 Å². The summed E-state index contributed by atoms with van der Waals surface area (Å²) in [5, 5.41) is 11.5. The molecule has 0 aliphatic rings. The minimum Gasteiger partial charge on any atom is -0.462 e. The summed E-state index contributed by atoms with van der Waals surface area (Å²) in [5.41, 5.74) is 0.805. The fourth-order valence-corrected chi connectivity index (χ4v) is 2.60. The monoisotopic (exact) mass is 285 g/mol. The number of ether oxygens (including phenoxy) is 1. The smallest absolute Gasteiger partial charge is 0.338 e. The van der Waals surface area contributed by atoms with Crippen LogP contribution in [0.4, 0.5) is 0 Å². The summed E-state index contributed by atoms with van der Waals surface area (Å²) in [7, 11) is -3.49. The average Bonchev–Trinajstić information content (AvgIpc) is 2.30. The highest BCUT2D eigenvalue weighted by molar-refractivity contribution is 7.90. The Labute approximate surface area is 111 Å². The number of sulfone groups is 1. The molecule has 0 radical (unpaired) electrons. The van der Waals surface area contributed by atoms with Crippen molar-refractivity contribution in [3.8, 4) is 0 Å². The largest absolute Gasteiger partial charge is 0.462 e. The summed E-state index contributed by atoms with van der Waals surface area (Å²) in [6, 6.07) is 2.68. The molecule has 0 aliphatic carbocycles. The third-order valence-electron chi connectivity index (χ3n) is 2.56. The zero-order valence-electron chi connectivity index (χ0n) is 10.9. The van der Waals surface area contributed by atoms with Gasteiger partial charge in [0.15, 0.2) is 9.84 Å². The Morgan fingerprint density at radius 2 is 2.11 bits per heavy atom. The molecule has 19 heavy (non-hydrogen) atoms. The molecule has 0 bridgehead atoms. The zero-order chi connectivity index (χ0) is 14.6. The first-order chi connectivity index (χ1) is 8.82. The number of nitrogens with zero attached hydrogens (tertiary/aromatic N) is 1. The van der Waals surface area contributed by atoms with E-state index in [1.165, 1.54) is 12.1 Å². The van der Waals surface area contributed by atoms with E-state index >= 15 is 0 Å². The number of esters is 1. The van der Waals surface area contributed by atoms with Crippen molar-refractivity contribution in [2.75, 3.05) is 12.9 Å². The van der Waals surface area contributed by atoms with Crippen LogP contribution in [0.3, 0.4) is 0 Å². The molecular formula is C12H15NO5S. The Morgan fingerprint density at radius 3 is 2.58 bits per heavy atom. The van der Waals surface area contributed by atoms with Gasteiger partial charge in [-0.2, -0.15) is 0 Å². The lowest BCUT2D eigenvalue weighted by Gasteiger charge is -2.11. The Balaban J connectivity index is 3.52. The van der Waals surface area contributed by atoms with Crippen LogP contribution in [0.25, 0.3) is 0 Å². The summed E-state index contributed by atoms with van der Waals surface area (Å²) >= 11 is 0. The van der Waals surface area contributed by atoms with Crippen LogP contribution in [0.5, 0.6) is 0 Å². The van der Waals surface area contributed by atoms with Crippen molar-refractivity contribution in [1.29, 1.82) is 0 Å². The fourth-order valence-electron chi connectivity index (χ4n) is 1.68. The van der Waals surface area contributed by atoms with E-state index in [9.17, 15) is 13.2 Å². The molecule has 1 rings (SSSR count). The Hall–Kier alpha value is -1.89. The zero-order valence-corrected chi connectivity index (χ0v) is 11.7. The first-order valence-electron chi connectivity index (χ1n) is 5.51. The quantitative estimate of drug-likeness (QED) is 0.390. The molecule has 0 saturated carbocycles. The van der Waals surface area contributed by atoms with Crippen molar-refractivity contribution in [2.24, 2.45) is 5.16 Å². The van der Waals surface area contributed by atoms with Crippen LogP contribution < -0.4 is 0 Å². The number of carbonyl (C=O) groups excluding carboxylic acids is 1. The lowest BCUT2D eigenvalue weighted by atomic mass is 10.0. The van der Waals surface area contributed by atoms with Gasteiger partial charge < -0.3 is 9.94 Å². The fraction of sp³-hybridized carbons (Fsp3) is 0.333. The van der Waals surface area contributed by atoms with Crippen molar-refractivity contribution in [3.05, 3.63) is 28.8 Å². The first-order valence-corrected chi connectivity index (χ1v) is 7.40. The predicted octanol–water partition coefficient (Wildman–Crippen LogP) is 1.38. The Bertz CT molecular complexity index is 619. The summed E-state index contributed by atoms with van der Waals surface area (Å²) in [5.74, 6) is -0.548. The van der Waals surface area contributed by atoms with E-state index < -0.39 is 15.8 Å². The second kappa shape index (κ2) is 5.83. The van der Waals surface area contributed by atoms with Gasteiger partial charge in [0.1, 0.15) is 0 Å². The number of hydrogen-bond donors (Lipinski definition) is 1. The summed E-state index contributed by atoms with van der Waals surface area (Å²) in [6.07, 6.45) is 2.04. The molecule has 0 saturated heterocycles. The lowest BCUT2D eigenvalue weighted by molar-refractivity contribution is 0.0525. The highest BCUT2D eigenvalue weighted by atomic mass is 32.2. The lowest BCUT2D eigenvalue weighted by Crippen LogP contribution is -2.11. The van der Waals surface area contributed by atoms with Gasteiger partial charge >= 0.3 is 5.97 Å². The highest BCUT2D eigenvalue weighted by Crippen LogP contribution is 2.22. The van der Waals surface area contributed by atoms with E-state index in [0.29, 0.717) is 5.56 Å². The highest BCUT2D eigenvalue weighted by Gasteiger charge is 2.20. The molecule has 0 heterocycles. The summed E-state index contributed by atoms with van der Waals surface area (Å²) in [4.78, 5) is 11.7. The molecule has 0 amide bonds. The number of rotatable bonds is 4. The third kappa shape index (κ3) is 3.31. The van der Waals surface area contributed by atoms with Gasteiger partial charge in [-0.15, -0.1) is 0 Å². The van der Waals surface area contributed by atoms with E-state index in [1.54, 1.807) is 13.8 Å². The van der Waals surface area contributed by atoms with Crippen LogP contribution in [0, 0.1) is 6.92 Å². The molecule has 1 aromatic carbocycles. The Kier molecular flexibility index (Phi) is 4.66. The molecule has 6 nitrogen and oxygen atoms in total. The van der Waals surface area contributed by atoms with Gasteiger partial charge in [0.05, 0.1) is 23.3 Å². The van der Waals surface area contributed by atoms with Gasteiger partial charge in [0.25, 0.3) is 0 Å². The molecule has 104 valence electrons. The number of hydrogen-bond acceptors (Lipinski definition) is 6. The topological polar surface area (TPSA) is 93.0 Å². The predicted molar refractivity (Wildman–Crippen MR) is 69.6 cm³/mol.